The number of carbonyl (C=O) groups excluding carboxylic acids is 1. The van der Waals surface area contributed by atoms with Crippen LogP contribution in [0.5, 0.6) is 0 Å². The highest BCUT2D eigenvalue weighted by Crippen LogP contribution is 2.21. The largest absolute Gasteiger partial charge is 0.341 e. The Balaban J connectivity index is 1.80. The Morgan fingerprint density at radius 1 is 1.08 bits per heavy atom. The third-order valence-electron chi connectivity index (χ3n) is 4.39. The van der Waals surface area contributed by atoms with Crippen LogP contribution in [0.1, 0.15) is 47.4 Å². The molecule has 1 aliphatic rings. The molecule has 1 aromatic carbocycles. The van der Waals surface area contributed by atoms with Gasteiger partial charge in [-0.15, -0.1) is 0 Å². The zero-order chi connectivity index (χ0) is 17.8. The van der Waals surface area contributed by atoms with Gasteiger partial charge in [0.05, 0.1) is 0 Å². The quantitative estimate of drug-likeness (QED) is 0.884. The van der Waals surface area contributed by atoms with E-state index in [2.05, 4.69) is 20.2 Å². The summed E-state index contributed by atoms with van der Waals surface area (Å²) < 4.78 is 0. The lowest BCUT2D eigenvalue weighted by Gasteiger charge is -2.21. The Morgan fingerprint density at radius 3 is 2.48 bits per heavy atom. The van der Waals surface area contributed by atoms with Gasteiger partial charge in [-0.25, -0.2) is 9.97 Å². The second-order valence-corrected chi connectivity index (χ2v) is 6.92. The predicted octanol–water partition coefficient (Wildman–Crippen LogP) is 4.38. The van der Waals surface area contributed by atoms with Crippen molar-refractivity contribution in [2.45, 2.75) is 39.5 Å². The number of hydrogen-bond donors (Lipinski definition) is 1. The van der Waals surface area contributed by atoms with Gasteiger partial charge in [-0.3, -0.25) is 4.79 Å². The number of nitrogens with zero attached hydrogens (tertiary/aromatic N) is 3. The fraction of sp³-hybridized carbons (Fsp3) is 0.421. The summed E-state index contributed by atoms with van der Waals surface area (Å²) >= 11 is 6.13. The Morgan fingerprint density at radius 2 is 1.80 bits per heavy atom. The Bertz CT molecular complexity index is 770. The van der Waals surface area contributed by atoms with Gasteiger partial charge < -0.3 is 10.2 Å². The molecule has 6 heteroatoms. The van der Waals surface area contributed by atoms with Gasteiger partial charge in [0, 0.05) is 29.5 Å². The monoisotopic (exact) mass is 358 g/mol. The van der Waals surface area contributed by atoms with Gasteiger partial charge in [0.1, 0.15) is 5.69 Å². The molecular formula is C19H23ClN4O. The molecule has 0 saturated carbocycles. The predicted molar refractivity (Wildman–Crippen MR) is 102 cm³/mol. The molecule has 5 nitrogen and oxygen atoms in total. The van der Waals surface area contributed by atoms with Crippen LogP contribution in [0.25, 0.3) is 0 Å². The summed E-state index contributed by atoms with van der Waals surface area (Å²) in [5.74, 6) is 0.399. The number of aromatic nitrogens is 2. The van der Waals surface area contributed by atoms with E-state index < -0.39 is 0 Å². The lowest BCUT2D eigenvalue weighted by molar-refractivity contribution is 0.102. The first kappa shape index (κ1) is 17.7. The van der Waals surface area contributed by atoms with Crippen molar-refractivity contribution in [3.8, 4) is 0 Å². The van der Waals surface area contributed by atoms with Crippen LogP contribution in [0.15, 0.2) is 24.3 Å². The van der Waals surface area contributed by atoms with E-state index >= 15 is 0 Å². The molecule has 0 unspecified atom stereocenters. The van der Waals surface area contributed by atoms with Crippen LogP contribution in [0.4, 0.5) is 11.6 Å². The van der Waals surface area contributed by atoms with Crippen LogP contribution < -0.4 is 10.2 Å². The molecule has 2 heterocycles. The number of nitrogens with one attached hydrogen (secondary N) is 1. The van der Waals surface area contributed by atoms with Crippen LogP contribution in [0.3, 0.4) is 0 Å². The van der Waals surface area contributed by atoms with E-state index in [0.29, 0.717) is 22.4 Å². The van der Waals surface area contributed by atoms with Gasteiger partial charge in [0.25, 0.3) is 5.91 Å². The maximum Gasteiger partial charge on any atom is 0.274 e. The van der Waals surface area contributed by atoms with Crippen molar-refractivity contribution < 1.29 is 4.79 Å². The van der Waals surface area contributed by atoms with Gasteiger partial charge >= 0.3 is 0 Å². The summed E-state index contributed by atoms with van der Waals surface area (Å²) in [4.78, 5) is 23.8. The highest BCUT2D eigenvalue weighted by atomic mass is 35.5. The van der Waals surface area contributed by atoms with E-state index in [1.807, 2.05) is 26.0 Å². The molecule has 0 radical (unpaired) electrons. The smallest absolute Gasteiger partial charge is 0.274 e. The molecule has 132 valence electrons. The van der Waals surface area contributed by atoms with Crippen molar-refractivity contribution in [2.75, 3.05) is 23.3 Å². The number of aryl methyl sites for hydroxylation is 2. The second-order valence-electron chi connectivity index (χ2n) is 6.51. The molecule has 1 amide bonds. The van der Waals surface area contributed by atoms with Gasteiger partial charge in [-0.1, -0.05) is 30.5 Å². The zero-order valence-electron chi connectivity index (χ0n) is 14.7. The third-order valence-corrected chi connectivity index (χ3v) is 4.80. The SMILES string of the molecule is Cc1cc(C(=O)Nc2ccc(C)c(Cl)c2)nc(N2CCCCCC2)n1. The normalized spacial score (nSPS) is 14.9. The van der Waals surface area contributed by atoms with E-state index in [4.69, 9.17) is 11.6 Å². The lowest BCUT2D eigenvalue weighted by Crippen LogP contribution is -2.27. The molecule has 0 aliphatic carbocycles. The number of benzene rings is 1. The highest BCUT2D eigenvalue weighted by molar-refractivity contribution is 6.31. The zero-order valence-corrected chi connectivity index (χ0v) is 15.4. The van der Waals surface area contributed by atoms with Crippen LogP contribution in [0.2, 0.25) is 5.02 Å². The molecule has 25 heavy (non-hydrogen) atoms. The molecule has 0 bridgehead atoms. The molecule has 1 saturated heterocycles. The van der Waals surface area contributed by atoms with E-state index in [9.17, 15) is 4.79 Å². The maximum absolute atomic E-state index is 12.6. The molecule has 1 aromatic heterocycles. The van der Waals surface area contributed by atoms with Gasteiger partial charge in [-0.2, -0.15) is 0 Å². The van der Waals surface area contributed by atoms with E-state index in [1.165, 1.54) is 12.8 Å². The number of amides is 1. The fourth-order valence-corrected chi connectivity index (χ4v) is 3.13. The first-order valence-electron chi connectivity index (χ1n) is 8.71. The number of halogens is 1. The Labute approximate surface area is 153 Å². The number of carbonyl (C=O) groups is 1. The number of anilines is 2. The fourth-order valence-electron chi connectivity index (χ4n) is 2.95. The molecule has 0 atom stereocenters. The van der Waals surface area contributed by atoms with Crippen LogP contribution in [0, 0.1) is 13.8 Å². The van der Waals surface area contributed by atoms with Gasteiger partial charge in [-0.05, 0) is 50.5 Å². The topological polar surface area (TPSA) is 58.1 Å². The van der Waals surface area contributed by atoms with Crippen molar-refractivity contribution in [1.82, 2.24) is 9.97 Å². The average molecular weight is 359 g/mol. The van der Waals surface area contributed by atoms with Crippen LogP contribution >= 0.6 is 11.6 Å². The van der Waals surface area contributed by atoms with Crippen LogP contribution in [-0.4, -0.2) is 29.0 Å². The second kappa shape index (κ2) is 7.83. The summed E-state index contributed by atoms with van der Waals surface area (Å²) in [5, 5.41) is 3.49. The highest BCUT2D eigenvalue weighted by Gasteiger charge is 2.17. The van der Waals surface area contributed by atoms with E-state index in [-0.39, 0.29) is 5.91 Å². The van der Waals surface area contributed by atoms with Crippen LogP contribution in [-0.2, 0) is 0 Å². The molecule has 3 rings (SSSR count). The van der Waals surface area contributed by atoms with Gasteiger partial charge in [0.2, 0.25) is 5.95 Å². The summed E-state index contributed by atoms with van der Waals surface area (Å²) in [5.41, 5.74) is 2.80. The van der Waals surface area contributed by atoms with Crippen molar-refractivity contribution in [3.63, 3.8) is 0 Å². The molecule has 0 spiro atoms. The lowest BCUT2D eigenvalue weighted by atomic mass is 10.2. The summed E-state index contributed by atoms with van der Waals surface area (Å²) in [6.45, 7) is 5.70. The Kier molecular flexibility index (Phi) is 5.53. The minimum Gasteiger partial charge on any atom is -0.341 e. The molecule has 1 aliphatic heterocycles. The van der Waals surface area contributed by atoms with E-state index in [0.717, 1.165) is 37.2 Å². The molecule has 1 N–H and O–H groups in total. The third kappa shape index (κ3) is 4.48. The molecular weight excluding hydrogens is 336 g/mol. The number of rotatable bonds is 3. The van der Waals surface area contributed by atoms with Crippen molar-refractivity contribution in [3.05, 3.63) is 46.2 Å². The standard InChI is InChI=1S/C19H23ClN4O/c1-13-7-8-15(12-16(13)20)22-18(25)17-11-14(2)21-19(23-17)24-9-5-3-4-6-10-24/h7-8,11-12H,3-6,9-10H2,1-2H3,(H,22,25). The maximum atomic E-state index is 12.6. The summed E-state index contributed by atoms with van der Waals surface area (Å²) in [7, 11) is 0. The van der Waals surface area contributed by atoms with Gasteiger partial charge in [0.15, 0.2) is 0 Å². The summed E-state index contributed by atoms with van der Waals surface area (Å²) in [6.07, 6.45) is 4.76. The van der Waals surface area contributed by atoms with Crippen molar-refractivity contribution >= 4 is 29.1 Å². The van der Waals surface area contributed by atoms with Crippen molar-refractivity contribution in [2.24, 2.45) is 0 Å². The first-order chi connectivity index (χ1) is 12.0. The minimum absolute atomic E-state index is 0.249. The minimum atomic E-state index is -0.249. The average Bonchev–Trinajstić information content (AvgIpc) is 2.87. The molecule has 1 fully saturated rings. The van der Waals surface area contributed by atoms with Crippen molar-refractivity contribution in [1.29, 1.82) is 0 Å². The molecule has 2 aromatic rings. The van der Waals surface area contributed by atoms with E-state index in [1.54, 1.807) is 12.1 Å². The summed E-state index contributed by atoms with van der Waals surface area (Å²) in [6, 6.07) is 7.18. The first-order valence-corrected chi connectivity index (χ1v) is 9.09. The number of hydrogen-bond acceptors (Lipinski definition) is 4. The Hall–Kier alpha value is -2.14.